The summed E-state index contributed by atoms with van der Waals surface area (Å²) in [6.45, 7) is 9.73. The largest absolute Gasteiger partial charge is 0.382 e. The normalized spacial score (nSPS) is 14.6. The van der Waals surface area contributed by atoms with Crippen molar-refractivity contribution in [2.24, 2.45) is 0 Å². The molecule has 5 rings (SSSR count). The number of piperazine rings is 1. The van der Waals surface area contributed by atoms with Crippen molar-refractivity contribution in [2.75, 3.05) is 49.2 Å². The van der Waals surface area contributed by atoms with Gasteiger partial charge in [-0.3, -0.25) is 4.79 Å². The molecule has 10 heteroatoms. The lowest BCUT2D eigenvalue weighted by molar-refractivity contribution is -0.112. The number of nitrogens with zero attached hydrogens (tertiary/aromatic N) is 5. The van der Waals surface area contributed by atoms with E-state index in [0.29, 0.717) is 33.7 Å². The van der Waals surface area contributed by atoms with Gasteiger partial charge in [0.15, 0.2) is 0 Å². The van der Waals surface area contributed by atoms with Crippen molar-refractivity contribution in [3.8, 4) is 32.7 Å². The number of aromatic nitrogens is 3. The smallest absolute Gasteiger partial charge is 0.272 e. The molecule has 3 heterocycles. The van der Waals surface area contributed by atoms with Crippen LogP contribution in [0.1, 0.15) is 19.4 Å². The van der Waals surface area contributed by atoms with Crippen LogP contribution in [-0.2, 0) is 4.79 Å². The van der Waals surface area contributed by atoms with Crippen LogP contribution in [0.2, 0.25) is 0 Å². The Morgan fingerprint density at radius 1 is 1.11 bits per heavy atom. The predicted molar refractivity (Wildman–Crippen MR) is 153 cm³/mol. The average molecular weight is 530 g/mol. The number of aryl methyl sites for hydroxylation is 1. The van der Waals surface area contributed by atoms with E-state index in [9.17, 15) is 4.79 Å². The Hall–Kier alpha value is -4.02. The molecule has 9 nitrogen and oxygen atoms in total. The molecule has 1 saturated heterocycles. The maximum absolute atomic E-state index is 12.3. The number of carbonyl (C=O) groups excluding carboxylic acids is 1. The monoisotopic (exact) mass is 529 g/mol. The van der Waals surface area contributed by atoms with Gasteiger partial charge in [0.05, 0.1) is 0 Å². The van der Waals surface area contributed by atoms with E-state index in [2.05, 4.69) is 61.6 Å². The molecular weight excluding hydrogens is 498 g/mol. The summed E-state index contributed by atoms with van der Waals surface area (Å²) >= 11 is 1.42. The van der Waals surface area contributed by atoms with Gasteiger partial charge in [-0.25, -0.2) is 4.98 Å². The van der Waals surface area contributed by atoms with Crippen LogP contribution in [0.25, 0.3) is 32.7 Å². The van der Waals surface area contributed by atoms with Gasteiger partial charge in [-0.05, 0) is 69.8 Å². The Kier molecular flexibility index (Phi) is 7.26. The third-order valence-electron chi connectivity index (χ3n) is 6.78. The topological polar surface area (TPSA) is 113 Å². The minimum Gasteiger partial charge on any atom is -0.382 e. The molecular formula is C28H31N7O2S. The molecule has 0 radical (unpaired) electrons. The highest BCUT2D eigenvalue weighted by Gasteiger charge is 2.20. The summed E-state index contributed by atoms with van der Waals surface area (Å²) in [6.07, 6.45) is 1.77. The number of carbonyl (C=O) groups is 1. The molecule has 2 aromatic heterocycles. The number of benzene rings is 2. The van der Waals surface area contributed by atoms with Crippen molar-refractivity contribution in [1.29, 1.82) is 0 Å². The van der Waals surface area contributed by atoms with E-state index in [-0.39, 0.29) is 5.91 Å². The first-order valence-electron chi connectivity index (χ1n) is 12.5. The quantitative estimate of drug-likeness (QED) is 0.333. The molecule has 0 saturated carbocycles. The lowest BCUT2D eigenvalue weighted by atomic mass is 10.1. The molecule has 0 unspecified atom stereocenters. The van der Waals surface area contributed by atoms with E-state index >= 15 is 0 Å². The first-order valence-corrected chi connectivity index (χ1v) is 13.3. The summed E-state index contributed by atoms with van der Waals surface area (Å²) in [5.74, 6) is 0.927. The van der Waals surface area contributed by atoms with Crippen LogP contribution in [0.15, 0.2) is 58.6 Å². The maximum Gasteiger partial charge on any atom is 0.272 e. The molecule has 196 valence electrons. The van der Waals surface area contributed by atoms with Crippen molar-refractivity contribution in [3.63, 3.8) is 0 Å². The minimum atomic E-state index is -0.155. The van der Waals surface area contributed by atoms with E-state index < -0.39 is 0 Å². The molecule has 0 bridgehead atoms. The van der Waals surface area contributed by atoms with Crippen molar-refractivity contribution in [3.05, 3.63) is 59.7 Å². The third kappa shape index (κ3) is 5.32. The Morgan fingerprint density at radius 2 is 1.84 bits per heavy atom. The molecule has 3 N–H and O–H groups in total. The standard InChI is InChI=1S/C28H31N7O2S/c1-5-17(2)26(36)30-20-9-6-18(3)22(16-20)25-32-27(37-33-25)23-24(29)31-28(38-23)19-7-10-21(11-8-19)35-14-12-34(4)13-15-35/h5-11,16H,12-15,29H2,1-4H3,(H,30,36)/b17-5-. The molecule has 1 fully saturated rings. The van der Waals surface area contributed by atoms with Crippen molar-refractivity contribution >= 4 is 34.4 Å². The number of nitrogens with one attached hydrogen (secondary N) is 1. The first-order chi connectivity index (χ1) is 18.3. The maximum atomic E-state index is 12.3. The van der Waals surface area contributed by atoms with Crippen LogP contribution < -0.4 is 16.0 Å². The van der Waals surface area contributed by atoms with Gasteiger partial charge in [0, 0.05) is 54.3 Å². The number of hydrogen-bond acceptors (Lipinski definition) is 9. The lowest BCUT2D eigenvalue weighted by Gasteiger charge is -2.34. The fourth-order valence-corrected chi connectivity index (χ4v) is 5.13. The first kappa shape index (κ1) is 25.6. The zero-order valence-electron chi connectivity index (χ0n) is 22.0. The number of hydrogen-bond donors (Lipinski definition) is 2. The highest BCUT2D eigenvalue weighted by atomic mass is 32.1. The summed E-state index contributed by atoms with van der Waals surface area (Å²) in [5.41, 5.74) is 11.5. The number of allylic oxidation sites excluding steroid dienone is 1. The molecule has 38 heavy (non-hydrogen) atoms. The SMILES string of the molecule is C/C=C(/C)C(=O)Nc1ccc(C)c(-c2noc(-c3sc(-c4ccc(N5CCN(C)CC5)cc4)nc3N)n2)c1. The van der Waals surface area contributed by atoms with Crippen LogP contribution in [0.3, 0.4) is 0 Å². The third-order valence-corrected chi connectivity index (χ3v) is 7.89. The Morgan fingerprint density at radius 3 is 2.55 bits per heavy atom. The van der Waals surface area contributed by atoms with Crippen LogP contribution in [0.4, 0.5) is 17.2 Å². The number of likely N-dealkylation sites (N-methyl/N-ethyl adjacent to an activating group) is 1. The summed E-state index contributed by atoms with van der Waals surface area (Å²) in [6, 6.07) is 14.0. The van der Waals surface area contributed by atoms with Crippen LogP contribution in [-0.4, -0.2) is 59.2 Å². The fourth-order valence-electron chi connectivity index (χ4n) is 4.21. The molecule has 0 spiro atoms. The number of nitrogen functional groups attached to an aromatic ring is 1. The van der Waals surface area contributed by atoms with E-state index in [1.165, 1.54) is 17.0 Å². The summed E-state index contributed by atoms with van der Waals surface area (Å²) in [5, 5.41) is 7.88. The van der Waals surface area contributed by atoms with Gasteiger partial charge in [-0.15, -0.1) is 11.3 Å². The molecule has 1 aliphatic heterocycles. The second-order valence-electron chi connectivity index (χ2n) is 9.45. The van der Waals surface area contributed by atoms with Gasteiger partial charge in [-0.1, -0.05) is 17.3 Å². The van der Waals surface area contributed by atoms with Gasteiger partial charge in [0.25, 0.3) is 11.8 Å². The number of anilines is 3. The Balaban J connectivity index is 1.36. The fraction of sp³-hybridized carbons (Fsp3) is 0.286. The van der Waals surface area contributed by atoms with Crippen LogP contribution in [0, 0.1) is 6.92 Å². The highest BCUT2D eigenvalue weighted by Crippen LogP contribution is 2.38. The molecule has 0 aliphatic carbocycles. The van der Waals surface area contributed by atoms with Crippen LogP contribution >= 0.6 is 11.3 Å². The molecule has 0 atom stereocenters. The Labute approximate surface area is 226 Å². The summed E-state index contributed by atoms with van der Waals surface area (Å²) < 4.78 is 5.60. The number of nitrogens with two attached hydrogens (primary N) is 1. The molecule has 4 aromatic rings. The summed E-state index contributed by atoms with van der Waals surface area (Å²) in [7, 11) is 2.15. The molecule has 2 aromatic carbocycles. The zero-order valence-corrected chi connectivity index (χ0v) is 22.8. The lowest BCUT2D eigenvalue weighted by Crippen LogP contribution is -2.44. The minimum absolute atomic E-state index is 0.155. The van der Waals surface area contributed by atoms with Gasteiger partial charge >= 0.3 is 0 Å². The average Bonchev–Trinajstić information content (AvgIpc) is 3.56. The van der Waals surface area contributed by atoms with E-state index in [4.69, 9.17) is 10.3 Å². The van der Waals surface area contributed by atoms with E-state index in [1.54, 1.807) is 13.0 Å². The van der Waals surface area contributed by atoms with Gasteiger partial charge in [-0.2, -0.15) is 4.98 Å². The van der Waals surface area contributed by atoms with Crippen LogP contribution in [0.5, 0.6) is 0 Å². The predicted octanol–water partition coefficient (Wildman–Crippen LogP) is 5.07. The van der Waals surface area contributed by atoms with Gasteiger partial charge in [0.2, 0.25) is 5.82 Å². The number of amides is 1. The Bertz CT molecular complexity index is 1480. The van der Waals surface area contributed by atoms with Gasteiger partial charge < -0.3 is 25.4 Å². The van der Waals surface area contributed by atoms with Crippen molar-refractivity contribution < 1.29 is 9.32 Å². The second-order valence-corrected chi connectivity index (χ2v) is 10.4. The molecule has 1 aliphatic rings. The highest BCUT2D eigenvalue weighted by molar-refractivity contribution is 7.18. The number of rotatable bonds is 6. The van der Waals surface area contributed by atoms with Crippen molar-refractivity contribution in [2.45, 2.75) is 20.8 Å². The summed E-state index contributed by atoms with van der Waals surface area (Å²) in [4.78, 5) is 26.8. The second kappa shape index (κ2) is 10.8. The molecule has 1 amide bonds. The van der Waals surface area contributed by atoms with E-state index in [1.807, 2.05) is 32.0 Å². The van der Waals surface area contributed by atoms with Gasteiger partial charge in [0.1, 0.15) is 15.7 Å². The van der Waals surface area contributed by atoms with Crippen molar-refractivity contribution in [1.82, 2.24) is 20.0 Å². The van der Waals surface area contributed by atoms with E-state index in [0.717, 1.165) is 47.9 Å². The number of thiazole rings is 1. The zero-order chi connectivity index (χ0) is 26.8.